The fraction of sp³-hybridized carbons (Fsp3) is 0.333. The summed E-state index contributed by atoms with van der Waals surface area (Å²) in [5, 5.41) is 14.0. The van der Waals surface area contributed by atoms with Gasteiger partial charge in [0.05, 0.1) is 37.1 Å². The van der Waals surface area contributed by atoms with Crippen molar-refractivity contribution in [1.82, 2.24) is 4.98 Å². The third-order valence-corrected chi connectivity index (χ3v) is 4.38. The van der Waals surface area contributed by atoms with Gasteiger partial charge >= 0.3 is 0 Å². The smallest absolute Gasteiger partial charge is 0.286 e. The molecular formula is C18H20N4O5. The van der Waals surface area contributed by atoms with Crippen LogP contribution in [0.3, 0.4) is 0 Å². The number of carbonyl (C=O) groups excluding carboxylic acids is 1. The second-order valence-electron chi connectivity index (χ2n) is 6.03. The Balaban J connectivity index is 1.83. The van der Waals surface area contributed by atoms with Crippen LogP contribution >= 0.6 is 0 Å². The number of nitro benzene ring substituents is 1. The Morgan fingerprint density at radius 1 is 1.19 bits per heavy atom. The van der Waals surface area contributed by atoms with Crippen molar-refractivity contribution in [2.75, 3.05) is 37.5 Å². The number of nitro groups is 1. The van der Waals surface area contributed by atoms with Crippen LogP contribution in [0.5, 0.6) is 11.5 Å². The molecule has 2 aromatic rings. The lowest BCUT2D eigenvalue weighted by Gasteiger charge is -2.16. The molecule has 0 atom stereocenters. The van der Waals surface area contributed by atoms with E-state index in [0.717, 1.165) is 31.7 Å². The molecule has 27 heavy (non-hydrogen) atoms. The maximum Gasteiger partial charge on any atom is 0.286 e. The lowest BCUT2D eigenvalue weighted by molar-refractivity contribution is -0.385. The summed E-state index contributed by atoms with van der Waals surface area (Å²) in [7, 11) is 2.77. The molecular weight excluding hydrogens is 352 g/mol. The molecule has 0 aliphatic carbocycles. The number of aromatic nitrogens is 1. The summed E-state index contributed by atoms with van der Waals surface area (Å²) >= 11 is 0. The number of nitrogens with one attached hydrogen (secondary N) is 1. The molecule has 1 amide bonds. The van der Waals surface area contributed by atoms with Gasteiger partial charge in [-0.2, -0.15) is 0 Å². The van der Waals surface area contributed by atoms with E-state index in [1.165, 1.54) is 32.5 Å². The summed E-state index contributed by atoms with van der Waals surface area (Å²) < 4.78 is 10.2. The van der Waals surface area contributed by atoms with E-state index in [1.54, 1.807) is 6.07 Å². The van der Waals surface area contributed by atoms with Gasteiger partial charge < -0.3 is 19.7 Å². The number of pyridine rings is 1. The first-order valence-corrected chi connectivity index (χ1v) is 8.46. The lowest BCUT2D eigenvalue weighted by Crippen LogP contribution is -2.19. The summed E-state index contributed by atoms with van der Waals surface area (Å²) in [5.74, 6) is 0.633. The van der Waals surface area contributed by atoms with Crippen LogP contribution < -0.4 is 19.7 Å². The van der Waals surface area contributed by atoms with Crippen molar-refractivity contribution in [2.45, 2.75) is 12.8 Å². The Bertz CT molecular complexity index is 848. The number of benzene rings is 1. The topological polar surface area (TPSA) is 107 Å². The quantitative estimate of drug-likeness (QED) is 0.614. The van der Waals surface area contributed by atoms with Crippen LogP contribution in [-0.2, 0) is 0 Å². The Morgan fingerprint density at radius 2 is 1.85 bits per heavy atom. The minimum atomic E-state index is -0.633. The molecule has 2 heterocycles. The van der Waals surface area contributed by atoms with Gasteiger partial charge in [0.15, 0.2) is 11.5 Å². The predicted molar refractivity (Wildman–Crippen MR) is 99.8 cm³/mol. The summed E-state index contributed by atoms with van der Waals surface area (Å²) in [6.07, 6.45) is 3.82. The van der Waals surface area contributed by atoms with Gasteiger partial charge in [0, 0.05) is 19.2 Å². The van der Waals surface area contributed by atoms with Gasteiger partial charge in [0.1, 0.15) is 11.4 Å². The second-order valence-corrected chi connectivity index (χ2v) is 6.03. The number of hydrogen-bond acceptors (Lipinski definition) is 7. The zero-order valence-electron chi connectivity index (χ0n) is 15.1. The molecule has 0 saturated carbocycles. The minimum absolute atomic E-state index is 0.124. The maximum atomic E-state index is 12.6. The number of amides is 1. The van der Waals surface area contributed by atoms with Crippen molar-refractivity contribution < 1.29 is 19.2 Å². The van der Waals surface area contributed by atoms with Gasteiger partial charge in [-0.25, -0.2) is 4.98 Å². The highest BCUT2D eigenvalue weighted by Gasteiger charge is 2.25. The SMILES string of the molecule is COc1cc(C(=O)Nc2ccc(N3CCCC3)nc2)c([N+](=O)[O-])cc1OC. The van der Waals surface area contributed by atoms with Gasteiger partial charge in [-0.05, 0) is 25.0 Å². The molecule has 3 rings (SSSR count). The molecule has 9 heteroatoms. The minimum Gasteiger partial charge on any atom is -0.493 e. The van der Waals surface area contributed by atoms with Crippen LogP contribution in [0, 0.1) is 10.1 Å². The van der Waals surface area contributed by atoms with Crippen molar-refractivity contribution in [3.05, 3.63) is 46.1 Å². The van der Waals surface area contributed by atoms with E-state index in [-0.39, 0.29) is 22.7 Å². The molecule has 1 saturated heterocycles. The molecule has 1 aliphatic heterocycles. The van der Waals surface area contributed by atoms with Gasteiger partial charge in [0.25, 0.3) is 11.6 Å². The summed E-state index contributed by atoms with van der Waals surface area (Å²) in [6.45, 7) is 1.94. The second kappa shape index (κ2) is 7.90. The van der Waals surface area contributed by atoms with Crippen LogP contribution in [0.2, 0.25) is 0 Å². The highest BCUT2D eigenvalue weighted by atomic mass is 16.6. The number of nitrogens with zero attached hydrogens (tertiary/aromatic N) is 3. The summed E-state index contributed by atoms with van der Waals surface area (Å²) in [5.41, 5.74) is -0.0416. The molecule has 1 aliphatic rings. The monoisotopic (exact) mass is 372 g/mol. The molecule has 0 bridgehead atoms. The number of ether oxygens (including phenoxy) is 2. The van der Waals surface area contributed by atoms with E-state index in [9.17, 15) is 14.9 Å². The van der Waals surface area contributed by atoms with E-state index >= 15 is 0 Å². The number of methoxy groups -OCH3 is 2. The number of hydrogen-bond donors (Lipinski definition) is 1. The highest BCUT2D eigenvalue weighted by molar-refractivity contribution is 6.07. The van der Waals surface area contributed by atoms with E-state index in [4.69, 9.17) is 9.47 Å². The Hall–Kier alpha value is -3.36. The van der Waals surface area contributed by atoms with Crippen molar-refractivity contribution in [1.29, 1.82) is 0 Å². The number of carbonyl (C=O) groups is 1. The molecule has 1 N–H and O–H groups in total. The van der Waals surface area contributed by atoms with Gasteiger partial charge in [-0.1, -0.05) is 0 Å². The fourth-order valence-electron chi connectivity index (χ4n) is 2.99. The number of rotatable bonds is 6. The first-order valence-electron chi connectivity index (χ1n) is 8.46. The summed E-state index contributed by atoms with van der Waals surface area (Å²) in [6, 6.07) is 6.01. The number of anilines is 2. The van der Waals surface area contributed by atoms with Crippen LogP contribution in [0.15, 0.2) is 30.5 Å². The highest BCUT2D eigenvalue weighted by Crippen LogP contribution is 2.34. The average Bonchev–Trinajstić information content (AvgIpc) is 3.22. The van der Waals surface area contributed by atoms with Crippen molar-refractivity contribution in [3.8, 4) is 11.5 Å². The molecule has 0 radical (unpaired) electrons. The molecule has 1 fully saturated rings. The molecule has 9 nitrogen and oxygen atoms in total. The third-order valence-electron chi connectivity index (χ3n) is 4.38. The Kier molecular flexibility index (Phi) is 5.39. The first-order chi connectivity index (χ1) is 13.0. The van der Waals surface area contributed by atoms with Gasteiger partial charge in [-0.3, -0.25) is 14.9 Å². The summed E-state index contributed by atoms with van der Waals surface area (Å²) in [4.78, 5) is 29.8. The Labute approximate surface area is 156 Å². The first kappa shape index (κ1) is 18.4. The molecule has 1 aromatic heterocycles. The van der Waals surface area contributed by atoms with Crippen LogP contribution in [0.25, 0.3) is 0 Å². The van der Waals surface area contributed by atoms with Gasteiger partial charge in [0.2, 0.25) is 0 Å². The van der Waals surface area contributed by atoms with E-state index in [0.29, 0.717) is 5.69 Å². The zero-order chi connectivity index (χ0) is 19.4. The molecule has 142 valence electrons. The normalized spacial score (nSPS) is 13.3. The predicted octanol–water partition coefficient (Wildman–Crippen LogP) is 2.86. The van der Waals surface area contributed by atoms with E-state index in [2.05, 4.69) is 15.2 Å². The van der Waals surface area contributed by atoms with Crippen LogP contribution in [-0.4, -0.2) is 43.1 Å². The van der Waals surface area contributed by atoms with Crippen LogP contribution in [0.1, 0.15) is 23.2 Å². The zero-order valence-corrected chi connectivity index (χ0v) is 15.1. The standard InChI is InChI=1S/C18H20N4O5/c1-26-15-9-13(14(22(24)25)10-16(15)27-2)18(23)20-12-5-6-17(19-11-12)21-7-3-4-8-21/h5-6,9-11H,3-4,7-8H2,1-2H3,(H,20,23). The molecule has 1 aromatic carbocycles. The Morgan fingerprint density at radius 3 is 2.41 bits per heavy atom. The molecule has 0 unspecified atom stereocenters. The fourth-order valence-corrected chi connectivity index (χ4v) is 2.99. The lowest BCUT2D eigenvalue weighted by atomic mass is 10.1. The van der Waals surface area contributed by atoms with Crippen LogP contribution in [0.4, 0.5) is 17.2 Å². The average molecular weight is 372 g/mol. The maximum absolute atomic E-state index is 12.6. The van der Waals surface area contributed by atoms with E-state index in [1.807, 2.05) is 6.07 Å². The van der Waals surface area contributed by atoms with Crippen molar-refractivity contribution in [2.24, 2.45) is 0 Å². The van der Waals surface area contributed by atoms with Crippen molar-refractivity contribution in [3.63, 3.8) is 0 Å². The largest absolute Gasteiger partial charge is 0.493 e. The van der Waals surface area contributed by atoms with Gasteiger partial charge in [-0.15, -0.1) is 0 Å². The molecule has 0 spiro atoms. The van der Waals surface area contributed by atoms with E-state index < -0.39 is 10.8 Å². The third kappa shape index (κ3) is 3.91. The van der Waals surface area contributed by atoms with Crippen molar-refractivity contribution >= 4 is 23.1 Å².